The molecule has 94 valence electrons. The summed E-state index contributed by atoms with van der Waals surface area (Å²) in [5.41, 5.74) is 0.0904. The molecule has 0 bridgehead atoms. The number of hydrogen-bond donors (Lipinski definition) is 1. The molecular formula is C12H10O5S. The standard InChI is InChI=1S/C12H10O5S/c1-16-6-3-4-7-8(5-6)18-10(11(13)14)9(7)12(15)17-2/h3-5H,1-2H3,(H,13,14). The van der Waals surface area contributed by atoms with Crippen molar-refractivity contribution in [3.8, 4) is 5.75 Å². The molecule has 0 aliphatic carbocycles. The van der Waals surface area contributed by atoms with Crippen molar-refractivity contribution < 1.29 is 24.2 Å². The highest BCUT2D eigenvalue weighted by molar-refractivity contribution is 7.21. The number of carboxylic acids is 1. The predicted octanol–water partition coefficient (Wildman–Crippen LogP) is 2.39. The molecule has 0 saturated carbocycles. The summed E-state index contributed by atoms with van der Waals surface area (Å²) in [7, 11) is 2.75. The van der Waals surface area contributed by atoms with Gasteiger partial charge in [0.05, 0.1) is 19.8 Å². The summed E-state index contributed by atoms with van der Waals surface area (Å²) in [5.74, 6) is -1.18. The van der Waals surface area contributed by atoms with Crippen LogP contribution in [0, 0.1) is 0 Å². The molecule has 1 N–H and O–H groups in total. The lowest BCUT2D eigenvalue weighted by atomic mass is 10.1. The smallest absolute Gasteiger partial charge is 0.346 e. The van der Waals surface area contributed by atoms with Gasteiger partial charge in [0, 0.05) is 10.1 Å². The van der Waals surface area contributed by atoms with Gasteiger partial charge in [-0.2, -0.15) is 0 Å². The largest absolute Gasteiger partial charge is 0.497 e. The van der Waals surface area contributed by atoms with Crippen LogP contribution in [0.25, 0.3) is 10.1 Å². The van der Waals surface area contributed by atoms with Crippen LogP contribution in [0.3, 0.4) is 0 Å². The number of benzene rings is 1. The molecule has 1 aromatic heterocycles. The van der Waals surface area contributed by atoms with Gasteiger partial charge in [-0.25, -0.2) is 9.59 Å². The number of fused-ring (bicyclic) bond motifs is 1. The van der Waals surface area contributed by atoms with E-state index >= 15 is 0 Å². The van der Waals surface area contributed by atoms with Crippen LogP contribution in [0.15, 0.2) is 18.2 Å². The van der Waals surface area contributed by atoms with E-state index in [4.69, 9.17) is 9.84 Å². The second kappa shape index (κ2) is 4.66. The highest BCUT2D eigenvalue weighted by atomic mass is 32.1. The van der Waals surface area contributed by atoms with Gasteiger partial charge >= 0.3 is 11.9 Å². The average molecular weight is 266 g/mol. The fourth-order valence-electron chi connectivity index (χ4n) is 1.66. The van der Waals surface area contributed by atoms with Crippen LogP contribution in [0.5, 0.6) is 5.75 Å². The predicted molar refractivity (Wildman–Crippen MR) is 66.7 cm³/mol. The summed E-state index contributed by atoms with van der Waals surface area (Å²) in [5, 5.41) is 9.67. The normalized spacial score (nSPS) is 10.3. The summed E-state index contributed by atoms with van der Waals surface area (Å²) in [6.07, 6.45) is 0. The maximum atomic E-state index is 11.7. The third-order valence-electron chi connectivity index (χ3n) is 2.48. The Kier molecular flexibility index (Phi) is 3.20. The van der Waals surface area contributed by atoms with Crippen molar-refractivity contribution in [1.82, 2.24) is 0 Å². The Balaban J connectivity index is 2.75. The lowest BCUT2D eigenvalue weighted by Crippen LogP contribution is -2.06. The number of carbonyl (C=O) groups excluding carboxylic acids is 1. The van der Waals surface area contributed by atoms with Crippen LogP contribution in [-0.2, 0) is 4.74 Å². The Hall–Kier alpha value is -2.08. The topological polar surface area (TPSA) is 72.8 Å². The Bertz CT molecular complexity index is 629. The molecule has 6 heteroatoms. The molecule has 2 rings (SSSR count). The first-order valence-electron chi connectivity index (χ1n) is 5.00. The van der Waals surface area contributed by atoms with Gasteiger partial charge in [-0.3, -0.25) is 0 Å². The Morgan fingerprint density at radius 2 is 2.00 bits per heavy atom. The minimum Gasteiger partial charge on any atom is -0.497 e. The quantitative estimate of drug-likeness (QED) is 0.863. The van der Waals surface area contributed by atoms with Crippen molar-refractivity contribution in [2.24, 2.45) is 0 Å². The molecule has 2 aromatic rings. The minimum absolute atomic E-state index is 0.0231. The Morgan fingerprint density at radius 3 is 2.56 bits per heavy atom. The third-order valence-corrected chi connectivity index (χ3v) is 3.62. The Labute approximate surface area is 107 Å². The summed E-state index contributed by atoms with van der Waals surface area (Å²) >= 11 is 1.02. The molecule has 18 heavy (non-hydrogen) atoms. The molecule has 0 spiro atoms. The number of rotatable bonds is 3. The second-order valence-electron chi connectivity index (χ2n) is 3.47. The number of esters is 1. The van der Waals surface area contributed by atoms with Gasteiger partial charge in [0.1, 0.15) is 10.6 Å². The number of carboxylic acid groups (broad SMARTS) is 1. The van der Waals surface area contributed by atoms with Crippen molar-refractivity contribution in [1.29, 1.82) is 0 Å². The number of carbonyl (C=O) groups is 2. The molecule has 1 aromatic carbocycles. The van der Waals surface area contributed by atoms with E-state index in [2.05, 4.69) is 4.74 Å². The molecule has 0 aliphatic rings. The summed E-state index contributed by atoms with van der Waals surface area (Å²) in [6, 6.07) is 5.02. The Morgan fingerprint density at radius 1 is 1.28 bits per heavy atom. The van der Waals surface area contributed by atoms with E-state index in [1.165, 1.54) is 14.2 Å². The molecule has 0 radical (unpaired) electrons. The zero-order valence-corrected chi connectivity index (χ0v) is 10.5. The molecule has 0 unspecified atom stereocenters. The van der Waals surface area contributed by atoms with Crippen LogP contribution < -0.4 is 4.74 Å². The van der Waals surface area contributed by atoms with E-state index in [0.29, 0.717) is 15.8 Å². The van der Waals surface area contributed by atoms with E-state index in [-0.39, 0.29) is 10.4 Å². The summed E-state index contributed by atoms with van der Waals surface area (Å²) in [4.78, 5) is 22.8. The van der Waals surface area contributed by atoms with Gasteiger partial charge in [-0.1, -0.05) is 0 Å². The SMILES string of the molecule is COC(=O)c1c(C(=O)O)sc2cc(OC)ccc12. The second-order valence-corrected chi connectivity index (χ2v) is 4.52. The third kappa shape index (κ3) is 1.91. The van der Waals surface area contributed by atoms with Crippen LogP contribution in [0.1, 0.15) is 20.0 Å². The zero-order chi connectivity index (χ0) is 13.3. The van der Waals surface area contributed by atoms with Crippen LogP contribution in [-0.4, -0.2) is 31.3 Å². The first-order chi connectivity index (χ1) is 8.58. The molecule has 0 fully saturated rings. The maximum Gasteiger partial charge on any atom is 0.346 e. The fraction of sp³-hybridized carbons (Fsp3) is 0.167. The fourth-order valence-corrected chi connectivity index (χ4v) is 2.72. The lowest BCUT2D eigenvalue weighted by molar-refractivity contribution is 0.0587. The number of ether oxygens (including phenoxy) is 2. The minimum atomic E-state index is -1.14. The van der Waals surface area contributed by atoms with Crippen molar-refractivity contribution in [3.05, 3.63) is 28.6 Å². The highest BCUT2D eigenvalue weighted by Gasteiger charge is 2.24. The molecule has 0 amide bonds. The van der Waals surface area contributed by atoms with Crippen LogP contribution >= 0.6 is 11.3 Å². The van der Waals surface area contributed by atoms with Crippen molar-refractivity contribution in [3.63, 3.8) is 0 Å². The number of hydrogen-bond acceptors (Lipinski definition) is 5. The van der Waals surface area contributed by atoms with E-state index < -0.39 is 11.9 Å². The zero-order valence-electron chi connectivity index (χ0n) is 9.72. The molecule has 0 atom stereocenters. The molecule has 0 saturated heterocycles. The van der Waals surface area contributed by atoms with E-state index in [1.807, 2.05) is 0 Å². The van der Waals surface area contributed by atoms with Crippen molar-refractivity contribution in [2.45, 2.75) is 0 Å². The molecule has 1 heterocycles. The first-order valence-corrected chi connectivity index (χ1v) is 5.82. The van der Waals surface area contributed by atoms with Gasteiger partial charge in [-0.15, -0.1) is 11.3 Å². The average Bonchev–Trinajstić information content (AvgIpc) is 2.76. The van der Waals surface area contributed by atoms with Crippen LogP contribution in [0.2, 0.25) is 0 Å². The van der Waals surface area contributed by atoms with Gasteiger partial charge in [-0.05, 0) is 18.2 Å². The van der Waals surface area contributed by atoms with Crippen molar-refractivity contribution in [2.75, 3.05) is 14.2 Å². The monoisotopic (exact) mass is 266 g/mol. The highest BCUT2D eigenvalue weighted by Crippen LogP contribution is 2.34. The van der Waals surface area contributed by atoms with E-state index in [9.17, 15) is 9.59 Å². The van der Waals surface area contributed by atoms with Gasteiger partial charge < -0.3 is 14.6 Å². The molecule has 5 nitrogen and oxygen atoms in total. The lowest BCUT2D eigenvalue weighted by Gasteiger charge is -2.00. The first kappa shape index (κ1) is 12.4. The van der Waals surface area contributed by atoms with Crippen LogP contribution in [0.4, 0.5) is 0 Å². The van der Waals surface area contributed by atoms with Gasteiger partial charge in [0.15, 0.2) is 0 Å². The van der Waals surface area contributed by atoms with E-state index in [1.54, 1.807) is 18.2 Å². The number of aromatic carboxylic acids is 1. The molecular weight excluding hydrogens is 256 g/mol. The maximum absolute atomic E-state index is 11.7. The van der Waals surface area contributed by atoms with Gasteiger partial charge in [0.2, 0.25) is 0 Å². The van der Waals surface area contributed by atoms with Crippen molar-refractivity contribution >= 4 is 33.4 Å². The summed E-state index contributed by atoms with van der Waals surface area (Å²) < 4.78 is 10.4. The molecule has 0 aliphatic heterocycles. The number of methoxy groups -OCH3 is 2. The van der Waals surface area contributed by atoms with E-state index in [0.717, 1.165) is 11.3 Å². The van der Waals surface area contributed by atoms with Gasteiger partial charge in [0.25, 0.3) is 0 Å². The summed E-state index contributed by atoms with van der Waals surface area (Å²) in [6.45, 7) is 0. The number of thiophene rings is 1.